The SMILES string of the molecule is CCOC(c1ccc(F)cc1)c1nc(-c2ccccc2S(N)(=O)=O)no1. The van der Waals surface area contributed by atoms with Crippen LogP contribution in [0.5, 0.6) is 0 Å². The van der Waals surface area contributed by atoms with Crippen molar-refractivity contribution in [2.75, 3.05) is 6.61 Å². The van der Waals surface area contributed by atoms with Crippen LogP contribution in [0.15, 0.2) is 57.9 Å². The third-order valence-corrected chi connectivity index (χ3v) is 4.58. The van der Waals surface area contributed by atoms with E-state index in [1.165, 1.54) is 24.3 Å². The molecule has 0 aliphatic carbocycles. The van der Waals surface area contributed by atoms with Gasteiger partial charge in [-0.15, -0.1) is 0 Å². The van der Waals surface area contributed by atoms with E-state index in [-0.39, 0.29) is 28.0 Å². The maximum Gasteiger partial charge on any atom is 0.260 e. The van der Waals surface area contributed by atoms with Crippen molar-refractivity contribution in [2.24, 2.45) is 5.14 Å². The third kappa shape index (κ3) is 3.79. The fourth-order valence-corrected chi connectivity index (χ4v) is 3.20. The maximum atomic E-state index is 13.2. The number of aromatic nitrogens is 2. The highest BCUT2D eigenvalue weighted by atomic mass is 32.2. The topological polar surface area (TPSA) is 108 Å². The van der Waals surface area contributed by atoms with Crippen molar-refractivity contribution in [1.29, 1.82) is 0 Å². The summed E-state index contributed by atoms with van der Waals surface area (Å²) < 4.78 is 47.6. The molecule has 3 rings (SSSR count). The molecule has 0 spiro atoms. The Labute approximate surface area is 149 Å². The lowest BCUT2D eigenvalue weighted by Crippen LogP contribution is -2.13. The molecule has 2 N–H and O–H groups in total. The molecule has 0 aliphatic rings. The Morgan fingerprint density at radius 2 is 1.88 bits per heavy atom. The number of sulfonamides is 1. The number of rotatable bonds is 6. The van der Waals surface area contributed by atoms with Gasteiger partial charge >= 0.3 is 0 Å². The summed E-state index contributed by atoms with van der Waals surface area (Å²) in [5.74, 6) is -0.189. The van der Waals surface area contributed by atoms with E-state index in [4.69, 9.17) is 14.4 Å². The molecular weight excluding hydrogens is 361 g/mol. The molecule has 136 valence electrons. The van der Waals surface area contributed by atoms with E-state index in [9.17, 15) is 12.8 Å². The van der Waals surface area contributed by atoms with Crippen molar-refractivity contribution < 1.29 is 22.1 Å². The second-order valence-corrected chi connectivity index (χ2v) is 6.91. The minimum Gasteiger partial charge on any atom is -0.364 e. The largest absolute Gasteiger partial charge is 0.364 e. The standard InChI is InChI=1S/C17H16FN3O4S/c1-2-24-15(11-7-9-12(18)10-8-11)17-20-16(21-25-17)13-5-3-4-6-14(13)26(19,22)23/h3-10,15H,2H2,1H3,(H2,19,22,23). The van der Waals surface area contributed by atoms with Crippen molar-refractivity contribution in [3.05, 3.63) is 65.8 Å². The molecule has 26 heavy (non-hydrogen) atoms. The van der Waals surface area contributed by atoms with E-state index < -0.39 is 16.1 Å². The predicted octanol–water partition coefficient (Wildman–Crippen LogP) is 2.65. The molecule has 1 unspecified atom stereocenters. The molecule has 0 fully saturated rings. The van der Waals surface area contributed by atoms with Gasteiger partial charge < -0.3 is 9.26 Å². The van der Waals surface area contributed by atoms with Crippen LogP contribution < -0.4 is 5.14 Å². The molecule has 0 bridgehead atoms. The lowest BCUT2D eigenvalue weighted by Gasteiger charge is -2.13. The van der Waals surface area contributed by atoms with Crippen LogP contribution in [0, 0.1) is 5.82 Å². The molecule has 0 saturated heterocycles. The molecular formula is C17H16FN3O4S. The predicted molar refractivity (Wildman–Crippen MR) is 91.0 cm³/mol. The number of nitrogens with zero attached hydrogens (tertiary/aromatic N) is 2. The normalized spacial score (nSPS) is 12.9. The zero-order chi connectivity index (χ0) is 18.7. The van der Waals surface area contributed by atoms with Crippen LogP contribution in [-0.2, 0) is 14.8 Å². The van der Waals surface area contributed by atoms with Gasteiger partial charge in [0.05, 0.1) is 4.90 Å². The average Bonchev–Trinajstić information content (AvgIpc) is 3.09. The minimum atomic E-state index is -3.95. The van der Waals surface area contributed by atoms with Gasteiger partial charge in [0.2, 0.25) is 15.8 Å². The summed E-state index contributed by atoms with van der Waals surface area (Å²) in [7, 11) is -3.95. The Morgan fingerprint density at radius 3 is 2.54 bits per heavy atom. The van der Waals surface area contributed by atoms with E-state index in [1.54, 1.807) is 31.2 Å². The van der Waals surface area contributed by atoms with Crippen LogP contribution in [0.1, 0.15) is 24.5 Å². The van der Waals surface area contributed by atoms with Crippen molar-refractivity contribution in [3.63, 3.8) is 0 Å². The lowest BCUT2D eigenvalue weighted by molar-refractivity contribution is 0.0667. The van der Waals surface area contributed by atoms with Gasteiger partial charge in [0.25, 0.3) is 5.89 Å². The summed E-state index contributed by atoms with van der Waals surface area (Å²) in [6.45, 7) is 2.15. The Morgan fingerprint density at radius 1 is 1.19 bits per heavy atom. The van der Waals surface area contributed by atoms with Crippen LogP contribution in [0.3, 0.4) is 0 Å². The second-order valence-electron chi connectivity index (χ2n) is 5.38. The molecule has 2 aromatic carbocycles. The molecule has 7 nitrogen and oxygen atoms in total. The average molecular weight is 377 g/mol. The number of hydrogen-bond donors (Lipinski definition) is 1. The highest BCUT2D eigenvalue weighted by molar-refractivity contribution is 7.89. The van der Waals surface area contributed by atoms with Gasteiger partial charge in [0.1, 0.15) is 5.82 Å². The smallest absolute Gasteiger partial charge is 0.260 e. The number of hydrogen-bond acceptors (Lipinski definition) is 6. The quantitative estimate of drug-likeness (QED) is 0.707. The number of nitrogens with two attached hydrogens (primary N) is 1. The molecule has 3 aromatic rings. The van der Waals surface area contributed by atoms with Gasteiger partial charge in [0, 0.05) is 12.2 Å². The first-order valence-electron chi connectivity index (χ1n) is 7.73. The van der Waals surface area contributed by atoms with Crippen molar-refractivity contribution in [3.8, 4) is 11.4 Å². The highest BCUT2D eigenvalue weighted by Gasteiger charge is 2.24. The molecule has 0 aliphatic heterocycles. The first-order valence-corrected chi connectivity index (χ1v) is 9.27. The Balaban J connectivity index is 2.02. The Kier molecular flexibility index (Phi) is 5.12. The number of primary sulfonamides is 1. The minimum absolute atomic E-state index is 0.0661. The van der Waals surface area contributed by atoms with Crippen LogP contribution in [-0.4, -0.2) is 25.2 Å². The first-order chi connectivity index (χ1) is 12.4. The van der Waals surface area contributed by atoms with E-state index in [0.29, 0.717) is 12.2 Å². The molecule has 1 aromatic heterocycles. The molecule has 1 atom stereocenters. The van der Waals surface area contributed by atoms with E-state index in [1.807, 2.05) is 0 Å². The van der Waals surface area contributed by atoms with Gasteiger partial charge in [-0.1, -0.05) is 29.4 Å². The number of benzene rings is 2. The van der Waals surface area contributed by atoms with Gasteiger partial charge in [-0.3, -0.25) is 0 Å². The fourth-order valence-electron chi connectivity index (χ4n) is 2.46. The highest BCUT2D eigenvalue weighted by Crippen LogP contribution is 2.29. The van der Waals surface area contributed by atoms with Crippen LogP contribution in [0.25, 0.3) is 11.4 Å². The molecule has 0 radical (unpaired) electrons. The summed E-state index contributed by atoms with van der Waals surface area (Å²) >= 11 is 0. The molecule has 0 saturated carbocycles. The number of ether oxygens (including phenoxy) is 1. The summed E-state index contributed by atoms with van der Waals surface area (Å²) in [6.07, 6.45) is -0.705. The van der Waals surface area contributed by atoms with Gasteiger partial charge in [-0.05, 0) is 36.8 Å². The monoisotopic (exact) mass is 377 g/mol. The maximum absolute atomic E-state index is 13.2. The number of halogens is 1. The van der Waals surface area contributed by atoms with E-state index in [0.717, 1.165) is 0 Å². The van der Waals surface area contributed by atoms with Crippen molar-refractivity contribution >= 4 is 10.0 Å². The van der Waals surface area contributed by atoms with Crippen LogP contribution in [0.2, 0.25) is 0 Å². The van der Waals surface area contributed by atoms with Crippen molar-refractivity contribution in [1.82, 2.24) is 10.1 Å². The Hall–Kier alpha value is -2.62. The third-order valence-electron chi connectivity index (χ3n) is 3.61. The van der Waals surface area contributed by atoms with E-state index in [2.05, 4.69) is 10.1 Å². The molecule has 0 amide bonds. The van der Waals surface area contributed by atoms with Crippen LogP contribution >= 0.6 is 0 Å². The van der Waals surface area contributed by atoms with Gasteiger partial charge in [0.15, 0.2) is 6.10 Å². The van der Waals surface area contributed by atoms with Crippen molar-refractivity contribution in [2.45, 2.75) is 17.9 Å². The molecule has 9 heteroatoms. The van der Waals surface area contributed by atoms with Crippen LogP contribution in [0.4, 0.5) is 4.39 Å². The second kappa shape index (κ2) is 7.32. The first kappa shape index (κ1) is 18.2. The van der Waals surface area contributed by atoms with E-state index >= 15 is 0 Å². The summed E-state index contributed by atoms with van der Waals surface area (Å²) in [6, 6.07) is 11.8. The van der Waals surface area contributed by atoms with Gasteiger partial charge in [-0.2, -0.15) is 4.98 Å². The van der Waals surface area contributed by atoms with Gasteiger partial charge in [-0.25, -0.2) is 17.9 Å². The molecule has 1 heterocycles. The summed E-state index contributed by atoms with van der Waals surface area (Å²) in [4.78, 5) is 4.15. The Bertz CT molecular complexity index is 1000. The zero-order valence-electron chi connectivity index (χ0n) is 13.8. The zero-order valence-corrected chi connectivity index (χ0v) is 14.6. The summed E-state index contributed by atoms with van der Waals surface area (Å²) in [5.41, 5.74) is 0.850. The fraction of sp³-hybridized carbons (Fsp3) is 0.176. The lowest BCUT2D eigenvalue weighted by atomic mass is 10.1. The summed E-state index contributed by atoms with van der Waals surface area (Å²) in [5, 5.41) is 9.09.